The number of carbonyl (C=O) groups is 2. The average Bonchev–Trinajstić information content (AvgIpc) is 2.66. The highest BCUT2D eigenvalue weighted by Crippen LogP contribution is 2.31. The second-order valence-corrected chi connectivity index (χ2v) is 8.34. The van der Waals surface area contributed by atoms with Crippen molar-refractivity contribution in [1.82, 2.24) is 0 Å². The van der Waals surface area contributed by atoms with Crippen LogP contribution in [0.25, 0.3) is 0 Å². The van der Waals surface area contributed by atoms with E-state index >= 15 is 0 Å². The minimum absolute atomic E-state index is 0.0635. The molecule has 0 unspecified atom stereocenters. The van der Waals surface area contributed by atoms with Crippen LogP contribution in [-0.2, 0) is 26.0 Å². The van der Waals surface area contributed by atoms with Gasteiger partial charge in [0.05, 0.1) is 4.90 Å². The van der Waals surface area contributed by atoms with E-state index in [-0.39, 0.29) is 16.7 Å². The highest BCUT2D eigenvalue weighted by atomic mass is 32.2. The zero-order valence-electron chi connectivity index (χ0n) is 15.9. The zero-order valence-corrected chi connectivity index (χ0v) is 16.7. The van der Waals surface area contributed by atoms with Crippen molar-refractivity contribution in [3.8, 4) is 0 Å². The molecule has 2 aromatic carbocycles. The summed E-state index contributed by atoms with van der Waals surface area (Å²) in [7, 11) is -3.76. The predicted molar refractivity (Wildman–Crippen MR) is 109 cm³/mol. The molecule has 3 rings (SSSR count). The van der Waals surface area contributed by atoms with Crippen molar-refractivity contribution in [3.05, 3.63) is 48.0 Å². The Bertz CT molecular complexity index is 1000. The van der Waals surface area contributed by atoms with E-state index in [0.717, 1.165) is 24.1 Å². The summed E-state index contributed by atoms with van der Waals surface area (Å²) >= 11 is 0. The fraction of sp³-hybridized carbons (Fsp3) is 0.300. The van der Waals surface area contributed by atoms with Gasteiger partial charge in [-0.15, -0.1) is 0 Å². The topological polar surface area (TPSA) is 95.6 Å². The molecule has 0 atom stereocenters. The maximum atomic E-state index is 12.7. The third kappa shape index (κ3) is 4.33. The van der Waals surface area contributed by atoms with Gasteiger partial charge in [-0.2, -0.15) is 0 Å². The predicted octanol–water partition coefficient (Wildman–Crippen LogP) is 3.14. The molecule has 1 aliphatic rings. The summed E-state index contributed by atoms with van der Waals surface area (Å²) in [5, 5.41) is 2.60. The lowest BCUT2D eigenvalue weighted by Gasteiger charge is -2.29. The van der Waals surface area contributed by atoms with E-state index in [0.29, 0.717) is 24.3 Å². The lowest BCUT2D eigenvalue weighted by molar-refractivity contribution is -0.118. The molecule has 28 heavy (non-hydrogen) atoms. The lowest BCUT2D eigenvalue weighted by atomic mass is 10.0. The van der Waals surface area contributed by atoms with Gasteiger partial charge < -0.3 is 10.2 Å². The summed E-state index contributed by atoms with van der Waals surface area (Å²) in [6.07, 6.45) is 2.08. The van der Waals surface area contributed by atoms with Crippen molar-refractivity contribution in [3.63, 3.8) is 0 Å². The molecule has 0 aliphatic carbocycles. The molecule has 0 spiro atoms. The Hall–Kier alpha value is -2.87. The van der Waals surface area contributed by atoms with E-state index in [1.807, 2.05) is 6.92 Å². The molecule has 1 heterocycles. The number of sulfonamides is 1. The van der Waals surface area contributed by atoms with Crippen LogP contribution in [-0.4, -0.2) is 26.8 Å². The molecular formula is C20H23N3O4S. The number of hydrogen-bond acceptors (Lipinski definition) is 4. The molecule has 148 valence electrons. The number of carbonyl (C=O) groups excluding carboxylic acids is 2. The molecule has 0 aromatic heterocycles. The van der Waals surface area contributed by atoms with Crippen LogP contribution in [0.3, 0.4) is 0 Å². The van der Waals surface area contributed by atoms with Crippen LogP contribution in [0.2, 0.25) is 0 Å². The molecule has 1 aliphatic heterocycles. The standard InChI is InChI=1S/C20H23N3O4S/c1-3-20(25)23-12-4-5-15-13-17(8-11-19(15)23)22-28(26,27)18-9-6-16(7-10-18)21-14(2)24/h6-11,13,22H,3-5,12H2,1-2H3,(H,21,24). The van der Waals surface area contributed by atoms with Gasteiger partial charge in [0.15, 0.2) is 0 Å². The van der Waals surface area contributed by atoms with Crippen molar-refractivity contribution < 1.29 is 18.0 Å². The van der Waals surface area contributed by atoms with E-state index in [1.54, 1.807) is 23.1 Å². The Morgan fingerprint density at radius 2 is 1.75 bits per heavy atom. The number of benzene rings is 2. The minimum Gasteiger partial charge on any atom is -0.326 e. The molecule has 7 nitrogen and oxygen atoms in total. The molecule has 2 amide bonds. The minimum atomic E-state index is -3.76. The van der Waals surface area contributed by atoms with Crippen molar-refractivity contribution in [1.29, 1.82) is 0 Å². The first-order valence-corrected chi connectivity index (χ1v) is 10.6. The Kier molecular flexibility index (Phi) is 5.69. The Morgan fingerprint density at radius 1 is 1.07 bits per heavy atom. The maximum absolute atomic E-state index is 12.7. The number of nitrogens with one attached hydrogen (secondary N) is 2. The molecule has 2 N–H and O–H groups in total. The van der Waals surface area contributed by atoms with Crippen LogP contribution in [0.4, 0.5) is 17.1 Å². The van der Waals surface area contributed by atoms with Crippen molar-refractivity contribution in [2.75, 3.05) is 21.5 Å². The highest BCUT2D eigenvalue weighted by molar-refractivity contribution is 7.92. The summed E-state index contributed by atoms with van der Waals surface area (Å²) < 4.78 is 27.9. The molecule has 8 heteroatoms. The van der Waals surface area contributed by atoms with Gasteiger partial charge >= 0.3 is 0 Å². The fourth-order valence-electron chi connectivity index (χ4n) is 3.25. The van der Waals surface area contributed by atoms with Crippen LogP contribution in [0.1, 0.15) is 32.3 Å². The molecule has 2 aromatic rings. The molecular weight excluding hydrogens is 378 g/mol. The third-order valence-corrected chi connectivity index (χ3v) is 5.94. The molecule has 0 saturated heterocycles. The van der Waals surface area contributed by atoms with Crippen molar-refractivity contribution in [2.45, 2.75) is 38.0 Å². The van der Waals surface area contributed by atoms with Gasteiger partial charge in [-0.1, -0.05) is 6.92 Å². The number of anilines is 3. The summed E-state index contributed by atoms with van der Waals surface area (Å²) in [4.78, 5) is 25.0. The molecule has 0 fully saturated rings. The third-order valence-electron chi connectivity index (χ3n) is 4.54. The average molecular weight is 401 g/mol. The molecule has 0 radical (unpaired) electrons. The van der Waals surface area contributed by atoms with E-state index in [1.165, 1.54) is 31.2 Å². The second-order valence-electron chi connectivity index (χ2n) is 6.66. The number of hydrogen-bond donors (Lipinski definition) is 2. The van der Waals surface area contributed by atoms with Gasteiger partial charge in [-0.05, 0) is 60.9 Å². The van der Waals surface area contributed by atoms with Gasteiger partial charge in [0.25, 0.3) is 10.0 Å². The van der Waals surface area contributed by atoms with Crippen LogP contribution in [0.15, 0.2) is 47.4 Å². The molecule has 0 saturated carbocycles. The number of amides is 2. The van der Waals surface area contributed by atoms with Gasteiger partial charge in [-0.25, -0.2) is 8.42 Å². The Balaban J connectivity index is 1.81. The highest BCUT2D eigenvalue weighted by Gasteiger charge is 2.22. The Morgan fingerprint density at radius 3 is 2.39 bits per heavy atom. The summed E-state index contributed by atoms with van der Waals surface area (Å²) in [5.41, 5.74) is 2.78. The maximum Gasteiger partial charge on any atom is 0.261 e. The normalized spacial score (nSPS) is 13.6. The molecule has 0 bridgehead atoms. The fourth-order valence-corrected chi connectivity index (χ4v) is 4.29. The summed E-state index contributed by atoms with van der Waals surface area (Å²) in [6, 6.07) is 11.2. The van der Waals surface area contributed by atoms with E-state index in [2.05, 4.69) is 10.0 Å². The van der Waals surface area contributed by atoms with Gasteiger partial charge in [0, 0.05) is 37.0 Å². The van der Waals surface area contributed by atoms with Gasteiger partial charge in [-0.3, -0.25) is 14.3 Å². The van der Waals surface area contributed by atoms with Crippen LogP contribution < -0.4 is 14.9 Å². The largest absolute Gasteiger partial charge is 0.326 e. The van der Waals surface area contributed by atoms with Crippen molar-refractivity contribution in [2.24, 2.45) is 0 Å². The van der Waals surface area contributed by atoms with E-state index < -0.39 is 10.0 Å². The van der Waals surface area contributed by atoms with Crippen LogP contribution in [0.5, 0.6) is 0 Å². The van der Waals surface area contributed by atoms with E-state index in [9.17, 15) is 18.0 Å². The number of fused-ring (bicyclic) bond motifs is 1. The number of rotatable bonds is 5. The zero-order chi connectivity index (χ0) is 20.3. The number of nitrogens with zero attached hydrogens (tertiary/aromatic N) is 1. The first-order chi connectivity index (χ1) is 13.3. The SMILES string of the molecule is CCC(=O)N1CCCc2cc(NS(=O)(=O)c3ccc(NC(C)=O)cc3)ccc21. The Labute approximate surface area is 164 Å². The smallest absolute Gasteiger partial charge is 0.261 e. The second kappa shape index (κ2) is 8.02. The lowest BCUT2D eigenvalue weighted by Crippen LogP contribution is -2.34. The van der Waals surface area contributed by atoms with Crippen LogP contribution in [0, 0.1) is 0 Å². The van der Waals surface area contributed by atoms with Crippen LogP contribution >= 0.6 is 0 Å². The monoisotopic (exact) mass is 401 g/mol. The quantitative estimate of drug-likeness (QED) is 0.805. The first kappa shape index (κ1) is 19.9. The van der Waals surface area contributed by atoms with Gasteiger partial charge in [0.1, 0.15) is 0 Å². The number of aryl methyl sites for hydroxylation is 1. The summed E-state index contributed by atoms with van der Waals surface area (Å²) in [6.45, 7) is 3.90. The van der Waals surface area contributed by atoms with Gasteiger partial charge in [0.2, 0.25) is 11.8 Å². The van der Waals surface area contributed by atoms with E-state index in [4.69, 9.17) is 0 Å². The summed E-state index contributed by atoms with van der Waals surface area (Å²) in [5.74, 6) is -0.160. The first-order valence-electron chi connectivity index (χ1n) is 9.14. The van der Waals surface area contributed by atoms with Crippen molar-refractivity contribution >= 4 is 38.9 Å².